The molecule has 0 saturated carbocycles. The average molecular weight is 334 g/mol. The number of benzene rings is 3. The molecular weight excluding hydrogens is 314 g/mol. The van der Waals surface area contributed by atoms with Crippen LogP contribution in [0.5, 0.6) is 0 Å². The van der Waals surface area contributed by atoms with E-state index >= 15 is 0 Å². The van der Waals surface area contributed by atoms with E-state index in [9.17, 15) is 8.78 Å². The maximum atomic E-state index is 13.2. The van der Waals surface area contributed by atoms with Gasteiger partial charge in [0.15, 0.2) is 11.6 Å². The molecule has 0 aliphatic carbocycles. The van der Waals surface area contributed by atoms with Crippen LogP contribution < -0.4 is 0 Å². The molecule has 0 unspecified atom stereocenters. The molecule has 0 nitrogen and oxygen atoms in total. The topological polar surface area (TPSA) is 0 Å². The third-order valence-electron chi connectivity index (χ3n) is 4.30. The summed E-state index contributed by atoms with van der Waals surface area (Å²) in [5.41, 5.74) is 4.28. The lowest BCUT2D eigenvalue weighted by Crippen LogP contribution is -1.98. The Balaban J connectivity index is 1.65. The predicted octanol–water partition coefficient (Wildman–Crippen LogP) is 6.48. The van der Waals surface area contributed by atoms with Gasteiger partial charge in [0.1, 0.15) is 0 Å². The van der Waals surface area contributed by atoms with Crippen molar-refractivity contribution in [3.8, 4) is 0 Å². The summed E-state index contributed by atoms with van der Waals surface area (Å²) in [6.07, 6.45) is 4.67. The van der Waals surface area contributed by atoms with Crippen LogP contribution in [0.25, 0.3) is 12.2 Å². The van der Waals surface area contributed by atoms with Gasteiger partial charge in [-0.1, -0.05) is 79.7 Å². The van der Waals surface area contributed by atoms with Crippen LogP contribution in [0.1, 0.15) is 35.1 Å². The van der Waals surface area contributed by atoms with Gasteiger partial charge in [0.2, 0.25) is 0 Å². The quantitative estimate of drug-likeness (QED) is 0.468. The Kier molecular flexibility index (Phi) is 5.39. The van der Waals surface area contributed by atoms with Crippen LogP contribution in [0, 0.1) is 11.6 Å². The molecule has 0 saturated heterocycles. The molecule has 1 atom stereocenters. The van der Waals surface area contributed by atoms with E-state index in [4.69, 9.17) is 0 Å². The van der Waals surface area contributed by atoms with E-state index in [0.717, 1.165) is 18.1 Å². The Hall–Kier alpha value is -2.74. The fourth-order valence-corrected chi connectivity index (χ4v) is 2.83. The first-order valence-corrected chi connectivity index (χ1v) is 8.39. The first kappa shape index (κ1) is 17.1. The normalized spacial score (nSPS) is 12.4. The van der Waals surface area contributed by atoms with Gasteiger partial charge in [-0.25, -0.2) is 8.78 Å². The van der Waals surface area contributed by atoms with Crippen LogP contribution in [-0.2, 0) is 6.42 Å². The van der Waals surface area contributed by atoms with Crippen molar-refractivity contribution in [3.63, 3.8) is 0 Å². The van der Waals surface area contributed by atoms with Crippen LogP contribution in [0.15, 0.2) is 72.8 Å². The molecule has 0 fully saturated rings. The van der Waals surface area contributed by atoms with Gasteiger partial charge in [-0.05, 0) is 46.7 Å². The number of hydrogen-bond acceptors (Lipinski definition) is 0. The SMILES string of the molecule is C[C@@H](Cc1ccc(C=Cc2ccc(F)c(F)c2)cc1)c1ccccc1. The highest BCUT2D eigenvalue weighted by molar-refractivity contribution is 5.69. The lowest BCUT2D eigenvalue weighted by molar-refractivity contribution is 0.508. The zero-order valence-electron chi connectivity index (χ0n) is 14.1. The first-order chi connectivity index (χ1) is 12.1. The summed E-state index contributed by atoms with van der Waals surface area (Å²) in [6.45, 7) is 2.23. The lowest BCUT2D eigenvalue weighted by Gasteiger charge is -2.12. The van der Waals surface area contributed by atoms with Crippen molar-refractivity contribution in [2.75, 3.05) is 0 Å². The van der Waals surface area contributed by atoms with Gasteiger partial charge in [0, 0.05) is 0 Å². The van der Waals surface area contributed by atoms with Crippen molar-refractivity contribution in [1.82, 2.24) is 0 Å². The van der Waals surface area contributed by atoms with E-state index in [1.807, 2.05) is 24.3 Å². The molecule has 0 spiro atoms. The van der Waals surface area contributed by atoms with E-state index in [1.165, 1.54) is 17.2 Å². The minimum atomic E-state index is -0.826. The summed E-state index contributed by atoms with van der Waals surface area (Å²) in [6, 6.07) is 22.7. The molecule has 0 aromatic heterocycles. The summed E-state index contributed by atoms with van der Waals surface area (Å²) in [4.78, 5) is 0. The van der Waals surface area contributed by atoms with Crippen molar-refractivity contribution in [1.29, 1.82) is 0 Å². The Bertz CT molecular complexity index is 849. The van der Waals surface area contributed by atoms with Crippen LogP contribution in [0.2, 0.25) is 0 Å². The second-order valence-electron chi connectivity index (χ2n) is 6.26. The van der Waals surface area contributed by atoms with Crippen molar-refractivity contribution in [3.05, 3.63) is 107 Å². The van der Waals surface area contributed by atoms with Gasteiger partial charge in [0.05, 0.1) is 0 Å². The zero-order valence-corrected chi connectivity index (χ0v) is 14.1. The smallest absolute Gasteiger partial charge is 0.159 e. The molecular formula is C23H20F2. The van der Waals surface area contributed by atoms with Crippen molar-refractivity contribution >= 4 is 12.2 Å². The standard InChI is InChI=1S/C23H20F2/c1-17(21-5-3-2-4-6-21)15-19-10-7-18(8-11-19)9-12-20-13-14-22(24)23(25)16-20/h2-14,16-17H,15H2,1H3/t17-/m0/s1. The van der Waals surface area contributed by atoms with E-state index in [0.29, 0.717) is 11.5 Å². The summed E-state index contributed by atoms with van der Waals surface area (Å²) in [5, 5.41) is 0. The van der Waals surface area contributed by atoms with Crippen LogP contribution >= 0.6 is 0 Å². The summed E-state index contributed by atoms with van der Waals surface area (Å²) >= 11 is 0. The second-order valence-corrected chi connectivity index (χ2v) is 6.26. The van der Waals surface area contributed by atoms with Gasteiger partial charge < -0.3 is 0 Å². The Morgan fingerprint density at radius 1 is 0.760 bits per heavy atom. The highest BCUT2D eigenvalue weighted by Crippen LogP contribution is 2.21. The molecule has 2 heteroatoms. The minimum Gasteiger partial charge on any atom is -0.204 e. The minimum absolute atomic E-state index is 0.463. The number of hydrogen-bond donors (Lipinski definition) is 0. The van der Waals surface area contributed by atoms with E-state index in [2.05, 4.69) is 43.3 Å². The monoisotopic (exact) mass is 334 g/mol. The van der Waals surface area contributed by atoms with E-state index < -0.39 is 11.6 Å². The molecule has 3 aromatic carbocycles. The summed E-state index contributed by atoms with van der Waals surface area (Å²) in [5.74, 6) is -1.19. The largest absolute Gasteiger partial charge is 0.204 e. The molecule has 126 valence electrons. The molecule has 3 rings (SSSR count). The highest BCUT2D eigenvalue weighted by atomic mass is 19.2. The van der Waals surface area contributed by atoms with Crippen molar-refractivity contribution < 1.29 is 8.78 Å². The van der Waals surface area contributed by atoms with Gasteiger partial charge in [-0.15, -0.1) is 0 Å². The third-order valence-corrected chi connectivity index (χ3v) is 4.30. The summed E-state index contributed by atoms with van der Waals surface area (Å²) in [7, 11) is 0. The van der Waals surface area contributed by atoms with Crippen molar-refractivity contribution in [2.45, 2.75) is 19.3 Å². The molecule has 0 heterocycles. The Morgan fingerprint density at radius 2 is 1.40 bits per heavy atom. The predicted molar refractivity (Wildman–Crippen MR) is 100 cm³/mol. The van der Waals surface area contributed by atoms with E-state index in [-0.39, 0.29) is 0 Å². The zero-order chi connectivity index (χ0) is 17.6. The Morgan fingerprint density at radius 3 is 2.08 bits per heavy atom. The second kappa shape index (κ2) is 7.89. The van der Waals surface area contributed by atoms with Gasteiger partial charge in [-0.3, -0.25) is 0 Å². The lowest BCUT2D eigenvalue weighted by atomic mass is 9.93. The molecule has 0 aliphatic heterocycles. The van der Waals surface area contributed by atoms with Gasteiger partial charge in [-0.2, -0.15) is 0 Å². The molecule has 0 amide bonds. The summed E-state index contributed by atoms with van der Waals surface area (Å²) < 4.78 is 26.1. The molecule has 25 heavy (non-hydrogen) atoms. The number of halogens is 2. The fraction of sp³-hybridized carbons (Fsp3) is 0.130. The fourth-order valence-electron chi connectivity index (χ4n) is 2.83. The van der Waals surface area contributed by atoms with Gasteiger partial charge >= 0.3 is 0 Å². The van der Waals surface area contributed by atoms with Gasteiger partial charge in [0.25, 0.3) is 0 Å². The Labute approximate surface area is 147 Å². The highest BCUT2D eigenvalue weighted by Gasteiger charge is 2.06. The van der Waals surface area contributed by atoms with Crippen molar-refractivity contribution in [2.24, 2.45) is 0 Å². The average Bonchev–Trinajstić information content (AvgIpc) is 2.64. The molecule has 0 radical (unpaired) electrons. The first-order valence-electron chi connectivity index (χ1n) is 8.39. The molecule has 0 bridgehead atoms. The van der Waals surface area contributed by atoms with Crippen LogP contribution in [-0.4, -0.2) is 0 Å². The van der Waals surface area contributed by atoms with E-state index in [1.54, 1.807) is 12.1 Å². The third kappa shape index (κ3) is 4.63. The molecule has 0 aliphatic rings. The molecule has 0 N–H and O–H groups in total. The maximum Gasteiger partial charge on any atom is 0.159 e. The maximum absolute atomic E-state index is 13.2. The number of rotatable bonds is 5. The molecule has 3 aromatic rings. The van der Waals surface area contributed by atoms with Crippen LogP contribution in [0.3, 0.4) is 0 Å². The van der Waals surface area contributed by atoms with Crippen LogP contribution in [0.4, 0.5) is 8.78 Å².